The molecule has 9 nitrogen and oxygen atoms in total. The second-order valence-electron chi connectivity index (χ2n) is 0. The normalized spacial score (nSPS) is 0. The van der Waals surface area contributed by atoms with Crippen LogP contribution in [0, 0.1) is 0 Å². The molecule has 0 heterocycles. The van der Waals surface area contributed by atoms with E-state index in [0.29, 0.717) is 0 Å². The summed E-state index contributed by atoms with van der Waals surface area (Å²) in [5.74, 6) is 0. The molecule has 0 atom stereocenters. The van der Waals surface area contributed by atoms with Gasteiger partial charge >= 0.3 is 0 Å². The summed E-state index contributed by atoms with van der Waals surface area (Å²) >= 11 is 0. The fourth-order valence-electron chi connectivity index (χ4n) is 0. The largest absolute Gasteiger partial charge is 0.412 e. The van der Waals surface area contributed by atoms with E-state index in [0.717, 1.165) is 0 Å². The van der Waals surface area contributed by atoms with Gasteiger partial charge in [-0.15, -0.1) is 0 Å². The average Bonchev–Trinajstić information content (AvgIpc) is 0. The predicted molar refractivity (Wildman–Crippen MR) is 55.5 cm³/mol. The molecule has 0 rings (SSSR count). The molecule has 0 fully saturated rings. The van der Waals surface area contributed by atoms with Gasteiger partial charge in [0, 0.05) is 150 Å². The van der Waals surface area contributed by atoms with Crippen molar-refractivity contribution in [2.45, 2.75) is 0 Å². The van der Waals surface area contributed by atoms with Crippen molar-refractivity contribution < 1.29 is 94.0 Å². The summed E-state index contributed by atoms with van der Waals surface area (Å²) < 4.78 is 0. The van der Waals surface area contributed by atoms with Gasteiger partial charge in [0.2, 0.25) is 0 Å². The summed E-state index contributed by atoms with van der Waals surface area (Å²) in [7, 11) is 0. The third kappa shape index (κ3) is 239. The quantitative estimate of drug-likeness (QED) is 0.205. The van der Waals surface area contributed by atoms with E-state index in [2.05, 4.69) is 0 Å². The Kier molecular flexibility index (Phi) is 5650. The van der Waals surface area contributed by atoms with Crippen LogP contribution in [0.5, 0.6) is 0 Å². The Morgan fingerprint density at radius 2 is 0.267 bits per heavy atom. The Hall–Kier alpha value is 4.65. The zero-order valence-electron chi connectivity index (χ0n) is 7.60. The molecule has 0 aliphatic heterocycles. The summed E-state index contributed by atoms with van der Waals surface area (Å²) in [6, 6.07) is 0. The van der Waals surface area contributed by atoms with Crippen molar-refractivity contribution in [1.29, 1.82) is 0 Å². The maximum absolute atomic E-state index is 0. The van der Waals surface area contributed by atoms with E-state index in [9.17, 15) is 0 Å². The molecular weight excluding hydrogens is 976 g/mol. The van der Waals surface area contributed by atoms with Crippen molar-refractivity contribution in [2.24, 2.45) is 0 Å². The summed E-state index contributed by atoms with van der Waals surface area (Å²) in [6.45, 7) is 0. The Morgan fingerprint density at radius 1 is 0.267 bits per heavy atom. The summed E-state index contributed by atoms with van der Waals surface area (Å²) in [6.07, 6.45) is 0. The van der Waals surface area contributed by atoms with E-state index in [1.165, 1.54) is 0 Å². The minimum atomic E-state index is 0. The predicted octanol–water partition coefficient (Wildman–Crippen LogP) is -8.95. The third-order valence-electron chi connectivity index (χ3n) is 0. The van der Waals surface area contributed by atoms with Gasteiger partial charge in [-0.05, 0) is 0 Å². The van der Waals surface area contributed by atoms with Gasteiger partial charge in [-0.25, -0.2) is 0 Å². The monoisotopic (exact) mass is 996 g/mol. The van der Waals surface area contributed by atoms with Gasteiger partial charge in [-0.2, -0.15) is 0 Å². The molecule has 0 amide bonds. The smallest absolute Gasteiger partial charge is 0 e. The Bertz CT molecular complexity index is 23.3. The van der Waals surface area contributed by atoms with Crippen LogP contribution in [-0.2, 0) is 44.8 Å². The molecule has 0 bridgehead atoms. The van der Waals surface area contributed by atoms with Crippen LogP contribution in [0.15, 0.2) is 0 Å². The molecule has 0 aromatic rings. The number of hydrogen-bond donors (Lipinski definition) is 0. The van der Waals surface area contributed by atoms with Crippen LogP contribution in [-0.4, -0.2) is 154 Å². The van der Waals surface area contributed by atoms with Gasteiger partial charge in [0.25, 0.3) is 0 Å². The molecule has 0 saturated heterocycles. The molecule has 0 aliphatic rings. The van der Waals surface area contributed by atoms with Gasteiger partial charge in [0.15, 0.2) is 0 Å². The SMILES string of the molecule is O.O.O.O.O.O.O.O.O.[Mg].[Nb].[Nb].[Pb].[Pb].[Pb]. The van der Waals surface area contributed by atoms with Gasteiger partial charge in [0.05, 0.1) is 0 Å². The van der Waals surface area contributed by atoms with Crippen LogP contribution in [0.1, 0.15) is 0 Å². The van der Waals surface area contributed by atoms with Gasteiger partial charge in [-0.1, -0.05) is 0 Å². The van der Waals surface area contributed by atoms with E-state index in [1.54, 1.807) is 0 Å². The number of hydrogen-bond acceptors (Lipinski definition) is 0. The maximum atomic E-state index is 0. The maximum Gasteiger partial charge on any atom is 0 e. The van der Waals surface area contributed by atoms with Crippen molar-refractivity contribution in [3.05, 3.63) is 0 Å². The fourth-order valence-corrected chi connectivity index (χ4v) is 0. The van der Waals surface area contributed by atoms with Crippen molar-refractivity contribution in [2.75, 3.05) is 0 Å². The minimum absolute atomic E-state index is 0. The zero-order chi connectivity index (χ0) is 0. The molecular formula is H18MgNb2O9Pb3. The minimum Gasteiger partial charge on any atom is -0.412 e. The summed E-state index contributed by atoms with van der Waals surface area (Å²) in [5, 5.41) is 0. The third-order valence-corrected chi connectivity index (χ3v) is 0. The van der Waals surface area contributed by atoms with Gasteiger partial charge in [-0.3, -0.25) is 0 Å². The van der Waals surface area contributed by atoms with Crippen LogP contribution in [0.4, 0.5) is 0 Å². The molecule has 15 heteroatoms. The van der Waals surface area contributed by atoms with Crippen molar-refractivity contribution >= 4 is 105 Å². The Balaban J connectivity index is 0. The molecule has 0 saturated carbocycles. The first-order chi connectivity index (χ1) is 0. The first-order valence-corrected chi connectivity index (χ1v) is 0. The first-order valence-electron chi connectivity index (χ1n) is 0. The van der Waals surface area contributed by atoms with Crippen LogP contribution in [0.25, 0.3) is 0 Å². The molecule has 0 unspecified atom stereocenters. The molecule has 15 heavy (non-hydrogen) atoms. The fraction of sp³-hybridized carbons (Fsp3) is 0. The van der Waals surface area contributed by atoms with E-state index in [-0.39, 0.29) is 199 Å². The standard InChI is InChI=1S/Mg.2Nb.9H2O.3Pb/h;;;9*1H2;;;. The van der Waals surface area contributed by atoms with Crippen molar-refractivity contribution in [3.8, 4) is 0 Å². The molecule has 96 valence electrons. The molecule has 0 aliphatic carbocycles. The van der Waals surface area contributed by atoms with Gasteiger partial charge < -0.3 is 49.3 Å². The molecule has 0 aromatic heterocycles. The molecule has 0 spiro atoms. The Morgan fingerprint density at radius 3 is 0.267 bits per heavy atom. The number of rotatable bonds is 0. The van der Waals surface area contributed by atoms with E-state index >= 15 is 0 Å². The average molecular weight is 994 g/mol. The van der Waals surface area contributed by atoms with Crippen LogP contribution in [0.3, 0.4) is 0 Å². The Labute approximate surface area is 195 Å². The summed E-state index contributed by atoms with van der Waals surface area (Å²) in [4.78, 5) is 0. The second kappa shape index (κ2) is 268. The first kappa shape index (κ1) is 316. The van der Waals surface area contributed by atoms with Crippen molar-refractivity contribution in [1.82, 2.24) is 0 Å². The van der Waals surface area contributed by atoms with E-state index < -0.39 is 0 Å². The zero-order valence-corrected chi connectivity index (χ0v) is 25.1. The van der Waals surface area contributed by atoms with E-state index in [4.69, 9.17) is 0 Å². The molecule has 18 N–H and O–H groups in total. The summed E-state index contributed by atoms with van der Waals surface area (Å²) in [5.41, 5.74) is 0. The second-order valence-corrected chi connectivity index (χ2v) is 0. The molecule has 16 radical (unpaired) electrons. The van der Waals surface area contributed by atoms with Crippen LogP contribution in [0.2, 0.25) is 0 Å². The van der Waals surface area contributed by atoms with E-state index in [1.807, 2.05) is 0 Å². The van der Waals surface area contributed by atoms with Crippen LogP contribution >= 0.6 is 0 Å². The molecule has 0 aromatic carbocycles. The topological polar surface area (TPSA) is 284 Å². The van der Waals surface area contributed by atoms with Crippen molar-refractivity contribution in [3.63, 3.8) is 0 Å². The van der Waals surface area contributed by atoms with Crippen LogP contribution < -0.4 is 0 Å². The van der Waals surface area contributed by atoms with Gasteiger partial charge in [0.1, 0.15) is 0 Å².